The van der Waals surface area contributed by atoms with Gasteiger partial charge >= 0.3 is 0 Å². The first-order valence-electron chi connectivity index (χ1n) is 8.27. The van der Waals surface area contributed by atoms with E-state index in [1.165, 1.54) is 12.8 Å². The molecule has 2 atom stereocenters. The third kappa shape index (κ3) is 4.81. The maximum atomic E-state index is 12.1. The van der Waals surface area contributed by atoms with Gasteiger partial charge in [-0.3, -0.25) is 9.89 Å². The first-order valence-corrected chi connectivity index (χ1v) is 8.27. The minimum atomic E-state index is -0.00562. The Bertz CT molecular complexity index is 459. The van der Waals surface area contributed by atoms with E-state index in [2.05, 4.69) is 15.5 Å². The first kappa shape index (κ1) is 15.5. The summed E-state index contributed by atoms with van der Waals surface area (Å²) >= 11 is 0. The Hall–Kier alpha value is -1.40. The summed E-state index contributed by atoms with van der Waals surface area (Å²) < 4.78 is 11.5. The highest BCUT2D eigenvalue weighted by atomic mass is 16.5. The number of hydrogen-bond donors (Lipinski definition) is 2. The molecule has 0 spiro atoms. The van der Waals surface area contributed by atoms with Crippen molar-refractivity contribution in [3.05, 3.63) is 18.0 Å². The van der Waals surface area contributed by atoms with E-state index in [-0.39, 0.29) is 18.1 Å². The number of nitrogens with one attached hydrogen (secondary N) is 2. The molecular weight excluding hydrogens is 282 g/mol. The van der Waals surface area contributed by atoms with Gasteiger partial charge in [-0.15, -0.1) is 0 Å². The molecule has 2 aliphatic rings. The van der Waals surface area contributed by atoms with Gasteiger partial charge in [0.1, 0.15) is 0 Å². The average Bonchev–Trinajstić information content (AvgIpc) is 3.21. The average molecular weight is 307 g/mol. The molecule has 1 amide bonds. The molecule has 1 aliphatic heterocycles. The highest BCUT2D eigenvalue weighted by Crippen LogP contribution is 2.30. The molecule has 6 nitrogen and oxygen atoms in total. The van der Waals surface area contributed by atoms with E-state index in [0.717, 1.165) is 44.0 Å². The number of carbonyl (C=O) groups excluding carboxylic acids is 1. The smallest absolute Gasteiger partial charge is 0.220 e. The summed E-state index contributed by atoms with van der Waals surface area (Å²) in [6.45, 7) is 2.11. The summed E-state index contributed by atoms with van der Waals surface area (Å²) in [4.78, 5) is 12.1. The number of hydrogen-bond acceptors (Lipinski definition) is 4. The van der Waals surface area contributed by atoms with Gasteiger partial charge < -0.3 is 14.8 Å². The highest BCUT2D eigenvalue weighted by Gasteiger charge is 2.30. The molecule has 1 saturated heterocycles. The van der Waals surface area contributed by atoms with Crippen molar-refractivity contribution in [3.63, 3.8) is 0 Å². The van der Waals surface area contributed by atoms with E-state index < -0.39 is 0 Å². The maximum absolute atomic E-state index is 12.1. The highest BCUT2D eigenvalue weighted by molar-refractivity contribution is 5.76. The number of aromatic amines is 1. The lowest BCUT2D eigenvalue weighted by Crippen LogP contribution is -2.50. The SMILES string of the molecule is O=C(CCCc1cn[nH]c1)N[C@@H]1COCC[C@@H]1OCC1CC1. The van der Waals surface area contributed by atoms with Crippen molar-refractivity contribution in [2.45, 2.75) is 50.7 Å². The molecule has 1 aromatic rings. The summed E-state index contributed by atoms with van der Waals surface area (Å²) in [6, 6.07) is -0.00562. The molecule has 1 aromatic heterocycles. The molecule has 2 fully saturated rings. The summed E-state index contributed by atoms with van der Waals surface area (Å²) in [7, 11) is 0. The number of ether oxygens (including phenoxy) is 2. The Morgan fingerprint density at radius 3 is 3.14 bits per heavy atom. The van der Waals surface area contributed by atoms with Crippen LogP contribution in [0.25, 0.3) is 0 Å². The van der Waals surface area contributed by atoms with E-state index in [1.54, 1.807) is 6.20 Å². The van der Waals surface area contributed by atoms with Crippen LogP contribution in [0.3, 0.4) is 0 Å². The molecule has 2 heterocycles. The lowest BCUT2D eigenvalue weighted by molar-refractivity contribution is -0.126. The Labute approximate surface area is 130 Å². The summed E-state index contributed by atoms with van der Waals surface area (Å²) in [5, 5.41) is 9.77. The fourth-order valence-corrected chi connectivity index (χ4v) is 2.74. The minimum absolute atomic E-state index is 0.00562. The lowest BCUT2D eigenvalue weighted by atomic mass is 10.1. The second-order valence-corrected chi connectivity index (χ2v) is 6.31. The fourth-order valence-electron chi connectivity index (χ4n) is 2.74. The normalized spacial score (nSPS) is 25.1. The molecule has 3 rings (SSSR count). The number of nitrogens with zero attached hydrogens (tertiary/aromatic N) is 1. The predicted molar refractivity (Wildman–Crippen MR) is 81.4 cm³/mol. The van der Waals surface area contributed by atoms with Crippen LogP contribution in [0.5, 0.6) is 0 Å². The predicted octanol–water partition coefficient (Wildman–Crippen LogP) is 1.43. The van der Waals surface area contributed by atoms with Crippen LogP contribution in [-0.4, -0.2) is 48.1 Å². The van der Waals surface area contributed by atoms with Crippen LogP contribution in [-0.2, 0) is 20.7 Å². The molecule has 0 bridgehead atoms. The van der Waals surface area contributed by atoms with Crippen molar-refractivity contribution in [1.29, 1.82) is 0 Å². The van der Waals surface area contributed by atoms with Crippen molar-refractivity contribution in [3.8, 4) is 0 Å². The zero-order valence-corrected chi connectivity index (χ0v) is 12.9. The number of H-pyrrole nitrogens is 1. The van der Waals surface area contributed by atoms with Crippen LogP contribution >= 0.6 is 0 Å². The Kier molecular flexibility index (Phi) is 5.45. The van der Waals surface area contributed by atoms with Crippen LogP contribution in [0, 0.1) is 5.92 Å². The summed E-state index contributed by atoms with van der Waals surface area (Å²) in [6.07, 6.45) is 9.43. The second kappa shape index (κ2) is 7.74. The monoisotopic (exact) mass is 307 g/mol. The van der Waals surface area contributed by atoms with Gasteiger partial charge in [0.25, 0.3) is 0 Å². The van der Waals surface area contributed by atoms with Crippen LogP contribution in [0.4, 0.5) is 0 Å². The van der Waals surface area contributed by atoms with E-state index >= 15 is 0 Å². The van der Waals surface area contributed by atoms with Gasteiger partial charge in [0.15, 0.2) is 0 Å². The number of carbonyl (C=O) groups is 1. The molecule has 2 N–H and O–H groups in total. The first-order chi connectivity index (χ1) is 10.8. The van der Waals surface area contributed by atoms with Crippen LogP contribution in [0.2, 0.25) is 0 Å². The van der Waals surface area contributed by atoms with E-state index in [9.17, 15) is 4.79 Å². The van der Waals surface area contributed by atoms with Crippen molar-refractivity contribution in [2.75, 3.05) is 19.8 Å². The standard InChI is InChI=1S/C16H25N3O3/c20-16(3-1-2-13-8-17-18-9-13)19-14-11-21-7-6-15(14)22-10-12-4-5-12/h8-9,12,14-15H,1-7,10-11H2,(H,17,18)(H,19,20)/t14-,15+/m1/s1. The Morgan fingerprint density at radius 2 is 2.36 bits per heavy atom. The fraction of sp³-hybridized carbons (Fsp3) is 0.750. The van der Waals surface area contributed by atoms with Gasteiger partial charge in [-0.05, 0) is 43.6 Å². The topological polar surface area (TPSA) is 76.2 Å². The van der Waals surface area contributed by atoms with E-state index in [0.29, 0.717) is 13.0 Å². The summed E-state index contributed by atoms with van der Waals surface area (Å²) in [5.74, 6) is 0.827. The van der Waals surface area contributed by atoms with E-state index in [1.807, 2.05) is 6.20 Å². The molecular formula is C16H25N3O3. The third-order valence-electron chi connectivity index (χ3n) is 4.31. The Morgan fingerprint density at radius 1 is 1.45 bits per heavy atom. The second-order valence-electron chi connectivity index (χ2n) is 6.31. The molecule has 1 saturated carbocycles. The molecule has 6 heteroatoms. The zero-order valence-electron chi connectivity index (χ0n) is 12.9. The van der Waals surface area contributed by atoms with Crippen molar-refractivity contribution in [1.82, 2.24) is 15.5 Å². The van der Waals surface area contributed by atoms with Gasteiger partial charge in [-0.1, -0.05) is 0 Å². The quantitative estimate of drug-likeness (QED) is 0.762. The van der Waals surface area contributed by atoms with E-state index in [4.69, 9.17) is 9.47 Å². The minimum Gasteiger partial charge on any atom is -0.379 e. The molecule has 22 heavy (non-hydrogen) atoms. The van der Waals surface area contributed by atoms with Crippen LogP contribution < -0.4 is 5.32 Å². The van der Waals surface area contributed by atoms with Crippen LogP contribution in [0.1, 0.15) is 37.7 Å². The van der Waals surface area contributed by atoms with Gasteiger partial charge in [0.2, 0.25) is 5.91 Å². The number of rotatable bonds is 8. The number of amides is 1. The van der Waals surface area contributed by atoms with Gasteiger partial charge in [-0.25, -0.2) is 0 Å². The molecule has 0 aromatic carbocycles. The van der Waals surface area contributed by atoms with Gasteiger partial charge in [-0.2, -0.15) is 5.10 Å². The van der Waals surface area contributed by atoms with Gasteiger partial charge in [0, 0.05) is 25.8 Å². The molecule has 1 aliphatic carbocycles. The summed E-state index contributed by atoms with van der Waals surface area (Å²) in [5.41, 5.74) is 1.14. The number of aromatic nitrogens is 2. The maximum Gasteiger partial charge on any atom is 0.220 e. The number of aryl methyl sites for hydroxylation is 1. The van der Waals surface area contributed by atoms with Crippen molar-refractivity contribution in [2.24, 2.45) is 5.92 Å². The molecule has 0 radical (unpaired) electrons. The van der Waals surface area contributed by atoms with Crippen molar-refractivity contribution < 1.29 is 14.3 Å². The zero-order chi connectivity index (χ0) is 15.2. The van der Waals surface area contributed by atoms with Crippen molar-refractivity contribution >= 4 is 5.91 Å². The van der Waals surface area contributed by atoms with Gasteiger partial charge in [0.05, 0.1) is 24.9 Å². The largest absolute Gasteiger partial charge is 0.379 e. The molecule has 122 valence electrons. The third-order valence-corrected chi connectivity index (χ3v) is 4.31. The van der Waals surface area contributed by atoms with Crippen LogP contribution in [0.15, 0.2) is 12.4 Å². The molecule has 0 unspecified atom stereocenters. The Balaban J connectivity index is 1.37. The lowest BCUT2D eigenvalue weighted by Gasteiger charge is -2.32.